The van der Waals surface area contributed by atoms with Crippen LogP contribution in [0.5, 0.6) is 5.75 Å². The molecule has 0 amide bonds. The average Bonchev–Trinajstić information content (AvgIpc) is 2.46. The Hall–Kier alpha value is -2.12. The maximum atomic E-state index is 12.1. The number of pyridine rings is 1. The highest BCUT2D eigenvalue weighted by molar-refractivity contribution is 7.89. The van der Waals surface area contributed by atoms with E-state index >= 15 is 0 Å². The molecule has 0 bridgehead atoms. The van der Waals surface area contributed by atoms with Gasteiger partial charge in [0, 0.05) is 12.3 Å². The second-order valence-corrected chi connectivity index (χ2v) is 5.82. The molecule has 0 unspecified atom stereocenters. The van der Waals surface area contributed by atoms with Gasteiger partial charge in [0.15, 0.2) is 0 Å². The fraction of sp³-hybridized carbons (Fsp3) is 0.154. The summed E-state index contributed by atoms with van der Waals surface area (Å²) in [5.41, 5.74) is 6.68. The zero-order valence-electron chi connectivity index (χ0n) is 10.9. The molecule has 2 aromatic rings. The fourth-order valence-electron chi connectivity index (χ4n) is 1.61. The van der Waals surface area contributed by atoms with Crippen molar-refractivity contribution >= 4 is 15.7 Å². The summed E-state index contributed by atoms with van der Waals surface area (Å²) in [6.45, 7) is 0.121. The minimum absolute atomic E-state index is 0.0967. The topological polar surface area (TPSA) is 94.3 Å². The van der Waals surface area contributed by atoms with Crippen LogP contribution in [0, 0.1) is 0 Å². The average molecular weight is 293 g/mol. The SMILES string of the molecule is COc1cc(S(=O)(=O)NCc2ccccn2)ccc1N. The number of nitrogens with one attached hydrogen (secondary N) is 1. The standard InChI is InChI=1S/C13H15N3O3S/c1-19-13-8-11(5-6-12(13)14)20(17,18)16-9-10-4-2-3-7-15-10/h2-8,16H,9,14H2,1H3. The highest BCUT2D eigenvalue weighted by Gasteiger charge is 2.15. The van der Waals surface area contributed by atoms with Gasteiger partial charge in [-0.05, 0) is 24.3 Å². The molecule has 0 aliphatic rings. The number of hydrogen-bond donors (Lipinski definition) is 2. The zero-order chi connectivity index (χ0) is 14.6. The highest BCUT2D eigenvalue weighted by atomic mass is 32.2. The van der Waals surface area contributed by atoms with Gasteiger partial charge in [0.2, 0.25) is 10.0 Å². The van der Waals surface area contributed by atoms with E-state index in [9.17, 15) is 8.42 Å². The van der Waals surface area contributed by atoms with Crippen molar-refractivity contribution in [1.29, 1.82) is 0 Å². The molecule has 0 fully saturated rings. The third-order valence-corrected chi connectivity index (χ3v) is 4.08. The Balaban J connectivity index is 2.18. The molecule has 1 aromatic carbocycles. The van der Waals surface area contributed by atoms with E-state index in [1.54, 1.807) is 24.4 Å². The molecule has 3 N–H and O–H groups in total. The number of nitrogens with zero attached hydrogens (tertiary/aromatic N) is 1. The van der Waals surface area contributed by atoms with Crippen molar-refractivity contribution in [3.63, 3.8) is 0 Å². The second-order valence-electron chi connectivity index (χ2n) is 4.05. The summed E-state index contributed by atoms with van der Waals surface area (Å²) in [7, 11) is -2.20. The van der Waals surface area contributed by atoms with Gasteiger partial charge in [0.25, 0.3) is 0 Å². The molecule has 0 saturated carbocycles. The third kappa shape index (κ3) is 3.25. The highest BCUT2D eigenvalue weighted by Crippen LogP contribution is 2.24. The minimum Gasteiger partial charge on any atom is -0.495 e. The molecule has 2 rings (SSSR count). The summed E-state index contributed by atoms with van der Waals surface area (Å²) in [5, 5.41) is 0. The van der Waals surface area contributed by atoms with Crippen LogP contribution in [0.25, 0.3) is 0 Å². The second kappa shape index (κ2) is 5.89. The summed E-state index contributed by atoms with van der Waals surface area (Å²) in [5.74, 6) is 0.325. The quantitative estimate of drug-likeness (QED) is 0.806. The number of rotatable bonds is 5. The van der Waals surface area contributed by atoms with Crippen LogP contribution in [0.4, 0.5) is 5.69 Å². The molecule has 7 heteroatoms. The molecule has 1 heterocycles. The van der Waals surface area contributed by atoms with Crippen LogP contribution in [-0.4, -0.2) is 20.5 Å². The summed E-state index contributed by atoms with van der Waals surface area (Å²) in [6.07, 6.45) is 1.61. The van der Waals surface area contributed by atoms with E-state index in [2.05, 4.69) is 9.71 Å². The maximum Gasteiger partial charge on any atom is 0.241 e. The normalized spacial score (nSPS) is 11.2. The zero-order valence-corrected chi connectivity index (χ0v) is 11.7. The predicted octanol–water partition coefficient (Wildman–Crippen LogP) is 1.15. The first kappa shape index (κ1) is 14.3. The van der Waals surface area contributed by atoms with E-state index in [1.165, 1.54) is 25.3 Å². The lowest BCUT2D eigenvalue weighted by Gasteiger charge is -2.09. The Labute approximate surface area is 117 Å². The number of methoxy groups -OCH3 is 1. The fourth-order valence-corrected chi connectivity index (χ4v) is 2.63. The summed E-state index contributed by atoms with van der Waals surface area (Å²) >= 11 is 0. The van der Waals surface area contributed by atoms with Gasteiger partial charge in [0.1, 0.15) is 5.75 Å². The first-order valence-corrected chi connectivity index (χ1v) is 7.34. The molecule has 20 heavy (non-hydrogen) atoms. The predicted molar refractivity (Wildman–Crippen MR) is 75.7 cm³/mol. The minimum atomic E-state index is -3.63. The van der Waals surface area contributed by atoms with E-state index in [1.807, 2.05) is 0 Å². The maximum absolute atomic E-state index is 12.1. The van der Waals surface area contributed by atoms with Crippen LogP contribution in [0.15, 0.2) is 47.5 Å². The Kier molecular flexibility index (Phi) is 4.21. The van der Waals surface area contributed by atoms with Crippen LogP contribution in [0.3, 0.4) is 0 Å². The van der Waals surface area contributed by atoms with Crippen molar-refractivity contribution in [2.24, 2.45) is 0 Å². The van der Waals surface area contributed by atoms with Crippen LogP contribution in [0.1, 0.15) is 5.69 Å². The number of nitrogens with two attached hydrogens (primary N) is 1. The van der Waals surface area contributed by atoms with Crippen molar-refractivity contribution in [2.45, 2.75) is 11.4 Å². The number of hydrogen-bond acceptors (Lipinski definition) is 5. The lowest BCUT2D eigenvalue weighted by atomic mass is 10.3. The molecular weight excluding hydrogens is 278 g/mol. The van der Waals surface area contributed by atoms with Gasteiger partial charge in [0.05, 0.1) is 29.9 Å². The van der Waals surface area contributed by atoms with Gasteiger partial charge in [-0.1, -0.05) is 6.07 Å². The number of ether oxygens (including phenoxy) is 1. The van der Waals surface area contributed by atoms with E-state index in [0.717, 1.165) is 0 Å². The van der Waals surface area contributed by atoms with Gasteiger partial charge < -0.3 is 10.5 Å². The van der Waals surface area contributed by atoms with Crippen molar-refractivity contribution in [3.8, 4) is 5.75 Å². The van der Waals surface area contributed by atoms with E-state index in [4.69, 9.17) is 10.5 Å². The van der Waals surface area contributed by atoms with E-state index in [-0.39, 0.29) is 11.4 Å². The lowest BCUT2D eigenvalue weighted by Crippen LogP contribution is -2.23. The van der Waals surface area contributed by atoms with Crippen LogP contribution in [-0.2, 0) is 16.6 Å². The Morgan fingerprint density at radius 2 is 2.10 bits per heavy atom. The van der Waals surface area contributed by atoms with Gasteiger partial charge >= 0.3 is 0 Å². The number of anilines is 1. The van der Waals surface area contributed by atoms with Crippen LogP contribution >= 0.6 is 0 Å². The van der Waals surface area contributed by atoms with E-state index < -0.39 is 10.0 Å². The van der Waals surface area contributed by atoms with Crippen molar-refractivity contribution in [1.82, 2.24) is 9.71 Å². The van der Waals surface area contributed by atoms with Crippen LogP contribution < -0.4 is 15.2 Å². The first-order chi connectivity index (χ1) is 9.53. The van der Waals surface area contributed by atoms with Crippen LogP contribution in [0.2, 0.25) is 0 Å². The van der Waals surface area contributed by atoms with Crippen molar-refractivity contribution in [2.75, 3.05) is 12.8 Å². The van der Waals surface area contributed by atoms with E-state index in [0.29, 0.717) is 17.1 Å². The molecular formula is C13H15N3O3S. The molecule has 0 aliphatic heterocycles. The molecule has 0 spiro atoms. The van der Waals surface area contributed by atoms with Gasteiger partial charge in [-0.15, -0.1) is 0 Å². The third-order valence-electron chi connectivity index (χ3n) is 2.68. The number of nitrogen functional groups attached to an aromatic ring is 1. The molecule has 106 valence electrons. The summed E-state index contributed by atoms with van der Waals surface area (Å²) in [4.78, 5) is 4.15. The number of aromatic nitrogens is 1. The Morgan fingerprint density at radius 1 is 1.30 bits per heavy atom. The lowest BCUT2D eigenvalue weighted by molar-refractivity contribution is 0.415. The smallest absolute Gasteiger partial charge is 0.241 e. The molecule has 0 atom stereocenters. The van der Waals surface area contributed by atoms with Crippen molar-refractivity contribution < 1.29 is 13.2 Å². The molecule has 0 aliphatic carbocycles. The van der Waals surface area contributed by atoms with Gasteiger partial charge in [-0.2, -0.15) is 0 Å². The summed E-state index contributed by atoms with van der Waals surface area (Å²) < 4.78 is 31.8. The number of sulfonamides is 1. The Bertz CT molecular complexity index is 687. The molecule has 1 aromatic heterocycles. The molecule has 0 saturated heterocycles. The molecule has 6 nitrogen and oxygen atoms in total. The largest absolute Gasteiger partial charge is 0.495 e. The van der Waals surface area contributed by atoms with Gasteiger partial charge in [-0.25, -0.2) is 13.1 Å². The molecule has 0 radical (unpaired) electrons. The summed E-state index contributed by atoms with van der Waals surface area (Å²) in [6, 6.07) is 9.61. The Morgan fingerprint density at radius 3 is 2.75 bits per heavy atom. The first-order valence-electron chi connectivity index (χ1n) is 5.86. The van der Waals surface area contributed by atoms with Crippen molar-refractivity contribution in [3.05, 3.63) is 48.3 Å². The monoisotopic (exact) mass is 293 g/mol. The van der Waals surface area contributed by atoms with Gasteiger partial charge in [-0.3, -0.25) is 4.98 Å². The number of benzene rings is 1.